The standard InChI is InChI=1S/C14H19N3O2S/c1-9(2)8-12(18)17-14(20)16-11-6-4-10(5-7-11)13(19)15-3/h4-7,9H,8H2,1-3H3,(H,15,19)(H2,16,17,18,20). The average molecular weight is 293 g/mol. The molecule has 0 aliphatic carbocycles. The Morgan fingerprint density at radius 1 is 1.20 bits per heavy atom. The molecule has 20 heavy (non-hydrogen) atoms. The van der Waals surface area contributed by atoms with Gasteiger partial charge in [0.15, 0.2) is 5.11 Å². The fourth-order valence-corrected chi connectivity index (χ4v) is 1.79. The molecule has 0 aromatic heterocycles. The zero-order valence-corrected chi connectivity index (χ0v) is 12.6. The summed E-state index contributed by atoms with van der Waals surface area (Å²) in [4.78, 5) is 22.9. The highest BCUT2D eigenvalue weighted by atomic mass is 32.1. The van der Waals surface area contributed by atoms with Gasteiger partial charge in [-0.1, -0.05) is 13.8 Å². The van der Waals surface area contributed by atoms with Crippen LogP contribution >= 0.6 is 12.2 Å². The molecule has 108 valence electrons. The Balaban J connectivity index is 2.54. The molecule has 0 aliphatic heterocycles. The van der Waals surface area contributed by atoms with Gasteiger partial charge in [0, 0.05) is 24.7 Å². The molecule has 5 nitrogen and oxygen atoms in total. The zero-order valence-electron chi connectivity index (χ0n) is 11.8. The molecule has 0 saturated carbocycles. The molecule has 0 spiro atoms. The molecule has 2 amide bonds. The molecule has 0 unspecified atom stereocenters. The zero-order chi connectivity index (χ0) is 15.1. The van der Waals surface area contributed by atoms with Crippen molar-refractivity contribution in [1.82, 2.24) is 10.6 Å². The topological polar surface area (TPSA) is 70.2 Å². The van der Waals surface area contributed by atoms with Gasteiger partial charge in [0.25, 0.3) is 5.91 Å². The number of benzene rings is 1. The number of hydrogen-bond acceptors (Lipinski definition) is 3. The highest BCUT2D eigenvalue weighted by Gasteiger charge is 2.07. The van der Waals surface area contributed by atoms with Crippen molar-refractivity contribution in [3.05, 3.63) is 29.8 Å². The van der Waals surface area contributed by atoms with Gasteiger partial charge < -0.3 is 16.0 Å². The van der Waals surface area contributed by atoms with Gasteiger partial charge in [0.05, 0.1) is 0 Å². The number of rotatable bonds is 4. The van der Waals surface area contributed by atoms with Crippen LogP contribution in [0.25, 0.3) is 0 Å². The summed E-state index contributed by atoms with van der Waals surface area (Å²) in [5.41, 5.74) is 1.28. The van der Waals surface area contributed by atoms with Crippen LogP contribution in [0, 0.1) is 5.92 Å². The van der Waals surface area contributed by atoms with Crippen LogP contribution in [0.1, 0.15) is 30.6 Å². The smallest absolute Gasteiger partial charge is 0.251 e. The van der Waals surface area contributed by atoms with Gasteiger partial charge in [-0.25, -0.2) is 0 Å². The monoisotopic (exact) mass is 293 g/mol. The first-order valence-corrected chi connectivity index (χ1v) is 6.76. The van der Waals surface area contributed by atoms with Crippen LogP contribution in [0.15, 0.2) is 24.3 Å². The predicted octanol–water partition coefficient (Wildman–Crippen LogP) is 1.91. The van der Waals surface area contributed by atoms with E-state index in [1.165, 1.54) is 0 Å². The molecular weight excluding hydrogens is 274 g/mol. The Labute approximate surface area is 124 Å². The lowest BCUT2D eigenvalue weighted by molar-refractivity contribution is -0.120. The maximum Gasteiger partial charge on any atom is 0.251 e. The van der Waals surface area contributed by atoms with Crippen LogP contribution in [0.4, 0.5) is 5.69 Å². The van der Waals surface area contributed by atoms with E-state index in [4.69, 9.17) is 12.2 Å². The lowest BCUT2D eigenvalue weighted by Gasteiger charge is -2.11. The molecule has 0 aliphatic rings. The molecule has 0 saturated heterocycles. The maximum atomic E-state index is 11.5. The summed E-state index contributed by atoms with van der Waals surface area (Å²) in [7, 11) is 1.58. The Morgan fingerprint density at radius 2 is 1.80 bits per heavy atom. The molecule has 0 bridgehead atoms. The number of thiocarbonyl (C=S) groups is 1. The van der Waals surface area contributed by atoms with Crippen LogP contribution in [0.5, 0.6) is 0 Å². The molecular formula is C14H19N3O2S. The number of hydrogen-bond donors (Lipinski definition) is 3. The van der Waals surface area contributed by atoms with E-state index in [9.17, 15) is 9.59 Å². The van der Waals surface area contributed by atoms with Gasteiger partial charge in [-0.3, -0.25) is 9.59 Å². The van der Waals surface area contributed by atoms with Crippen LogP contribution in [0.3, 0.4) is 0 Å². The Morgan fingerprint density at radius 3 is 2.30 bits per heavy atom. The predicted molar refractivity (Wildman–Crippen MR) is 83.7 cm³/mol. The van der Waals surface area contributed by atoms with E-state index < -0.39 is 0 Å². The van der Waals surface area contributed by atoms with E-state index in [-0.39, 0.29) is 22.8 Å². The minimum absolute atomic E-state index is 0.112. The van der Waals surface area contributed by atoms with E-state index in [2.05, 4.69) is 16.0 Å². The van der Waals surface area contributed by atoms with Crippen LogP contribution in [-0.2, 0) is 4.79 Å². The highest BCUT2D eigenvalue weighted by molar-refractivity contribution is 7.80. The van der Waals surface area contributed by atoms with Gasteiger partial charge in [-0.15, -0.1) is 0 Å². The number of amides is 2. The lowest BCUT2D eigenvalue weighted by atomic mass is 10.1. The molecule has 0 fully saturated rings. The third-order valence-electron chi connectivity index (χ3n) is 2.48. The fourth-order valence-electron chi connectivity index (χ4n) is 1.56. The number of nitrogens with one attached hydrogen (secondary N) is 3. The van der Waals surface area contributed by atoms with E-state index in [0.29, 0.717) is 17.7 Å². The number of carbonyl (C=O) groups is 2. The van der Waals surface area contributed by atoms with Gasteiger partial charge >= 0.3 is 0 Å². The van der Waals surface area contributed by atoms with Crippen LogP contribution < -0.4 is 16.0 Å². The van der Waals surface area contributed by atoms with Crippen molar-refractivity contribution < 1.29 is 9.59 Å². The van der Waals surface area contributed by atoms with Crippen molar-refractivity contribution in [1.29, 1.82) is 0 Å². The molecule has 1 aromatic carbocycles. The molecule has 6 heteroatoms. The first-order chi connectivity index (χ1) is 9.42. The largest absolute Gasteiger partial charge is 0.355 e. The first-order valence-electron chi connectivity index (χ1n) is 6.35. The summed E-state index contributed by atoms with van der Waals surface area (Å²) in [6.45, 7) is 3.93. The average Bonchev–Trinajstić information content (AvgIpc) is 2.37. The fraction of sp³-hybridized carbons (Fsp3) is 0.357. The van der Waals surface area contributed by atoms with Gasteiger partial charge in [0.2, 0.25) is 5.91 Å². The Kier molecular flexibility index (Phi) is 6.11. The third-order valence-corrected chi connectivity index (χ3v) is 2.68. The molecule has 1 rings (SSSR count). The van der Waals surface area contributed by atoms with E-state index in [0.717, 1.165) is 0 Å². The van der Waals surface area contributed by atoms with Crippen LogP contribution in [0.2, 0.25) is 0 Å². The van der Waals surface area contributed by atoms with Crippen molar-refractivity contribution >= 4 is 34.8 Å². The summed E-state index contributed by atoms with van der Waals surface area (Å²) in [6, 6.07) is 6.82. The molecule has 0 heterocycles. The SMILES string of the molecule is CNC(=O)c1ccc(NC(=S)NC(=O)CC(C)C)cc1. The summed E-state index contributed by atoms with van der Waals surface area (Å²) < 4.78 is 0. The minimum Gasteiger partial charge on any atom is -0.355 e. The van der Waals surface area contributed by atoms with Crippen molar-refractivity contribution in [2.45, 2.75) is 20.3 Å². The summed E-state index contributed by atoms with van der Waals surface area (Å²) in [6.07, 6.45) is 0.428. The highest BCUT2D eigenvalue weighted by Crippen LogP contribution is 2.09. The van der Waals surface area contributed by atoms with Gasteiger partial charge in [-0.05, 0) is 42.4 Å². The Bertz CT molecular complexity index is 498. The van der Waals surface area contributed by atoms with Gasteiger partial charge in [-0.2, -0.15) is 0 Å². The molecule has 0 atom stereocenters. The van der Waals surface area contributed by atoms with E-state index >= 15 is 0 Å². The van der Waals surface area contributed by atoms with E-state index in [1.54, 1.807) is 31.3 Å². The molecule has 1 aromatic rings. The third kappa shape index (κ3) is 5.36. The number of carbonyl (C=O) groups excluding carboxylic acids is 2. The van der Waals surface area contributed by atoms with Crippen molar-refractivity contribution in [2.75, 3.05) is 12.4 Å². The van der Waals surface area contributed by atoms with Crippen molar-refractivity contribution in [3.63, 3.8) is 0 Å². The lowest BCUT2D eigenvalue weighted by Crippen LogP contribution is -2.34. The van der Waals surface area contributed by atoms with Gasteiger partial charge in [0.1, 0.15) is 0 Å². The Hall–Kier alpha value is -1.95. The summed E-state index contributed by atoms with van der Waals surface area (Å²) in [5, 5.41) is 8.31. The van der Waals surface area contributed by atoms with Crippen molar-refractivity contribution in [2.24, 2.45) is 5.92 Å². The molecule has 0 radical (unpaired) electrons. The normalized spacial score (nSPS) is 10.0. The molecule has 3 N–H and O–H groups in total. The first kappa shape index (κ1) is 16.1. The second-order valence-corrected chi connectivity index (χ2v) is 5.16. The summed E-state index contributed by atoms with van der Waals surface area (Å²) in [5.74, 6) is 0.0217. The van der Waals surface area contributed by atoms with Crippen LogP contribution in [-0.4, -0.2) is 24.0 Å². The minimum atomic E-state index is -0.149. The van der Waals surface area contributed by atoms with Crippen molar-refractivity contribution in [3.8, 4) is 0 Å². The van der Waals surface area contributed by atoms with E-state index in [1.807, 2.05) is 13.8 Å². The number of anilines is 1. The second-order valence-electron chi connectivity index (χ2n) is 4.76. The quantitative estimate of drug-likeness (QED) is 0.742. The second kappa shape index (κ2) is 7.59. The summed E-state index contributed by atoms with van der Waals surface area (Å²) >= 11 is 5.05. The maximum absolute atomic E-state index is 11.5.